The van der Waals surface area contributed by atoms with Gasteiger partial charge in [-0.05, 0) is 109 Å². The van der Waals surface area contributed by atoms with Crippen LogP contribution in [0.4, 0.5) is 82.0 Å². The molecular weight excluding hydrogens is 1390 g/mol. The van der Waals surface area contributed by atoms with Crippen LogP contribution in [0.25, 0.3) is 11.3 Å². The molecule has 7 aromatic heterocycles. The van der Waals surface area contributed by atoms with Gasteiger partial charge in [-0.1, -0.05) is 83.8 Å². The number of hydrogen-bond acceptors (Lipinski definition) is 29. The largest absolute Gasteiger partial charge is 0.396 e. The van der Waals surface area contributed by atoms with Gasteiger partial charge in [0.25, 0.3) is 0 Å². The molecule has 0 spiro atoms. The van der Waals surface area contributed by atoms with Gasteiger partial charge in [0.15, 0.2) is 6.23 Å². The highest BCUT2D eigenvalue weighted by Crippen LogP contribution is 2.30. The van der Waals surface area contributed by atoms with Crippen LogP contribution in [0, 0.1) is 5.92 Å². The van der Waals surface area contributed by atoms with Crippen molar-refractivity contribution in [2.75, 3.05) is 161 Å². The van der Waals surface area contributed by atoms with E-state index in [0.29, 0.717) is 151 Å². The van der Waals surface area contributed by atoms with Crippen LogP contribution in [0.3, 0.4) is 0 Å². The number of aliphatic hydroxyl groups is 2. The molecule has 8 N–H and O–H groups in total. The maximum Gasteiger partial charge on any atom is 0.396 e. The van der Waals surface area contributed by atoms with E-state index in [1.165, 1.54) is 11.9 Å². The zero-order valence-corrected chi connectivity index (χ0v) is 61.2. The van der Waals surface area contributed by atoms with E-state index in [1.54, 1.807) is 19.6 Å². The number of aromatic nitrogens is 17. The van der Waals surface area contributed by atoms with Crippen molar-refractivity contribution in [1.29, 1.82) is 0 Å². The maximum absolute atomic E-state index is 12.0. The molecule has 4 aliphatic heterocycles. The smallest absolute Gasteiger partial charge is 0.392 e. The van der Waals surface area contributed by atoms with Gasteiger partial charge in [-0.25, -0.2) is 54.4 Å². The predicted octanol–water partition coefficient (Wildman–Crippen LogP) is 7.36. The van der Waals surface area contributed by atoms with E-state index in [1.807, 2.05) is 125 Å². The molecule has 0 saturated carbocycles. The molecule has 4 saturated heterocycles. The summed E-state index contributed by atoms with van der Waals surface area (Å²) in [5.74, 6) is 5.73. The first-order chi connectivity index (χ1) is 54.1. The average molecular weight is 1480 g/mol. The number of hydrogen-bond donors (Lipinski definition) is 8. The van der Waals surface area contributed by atoms with E-state index < -0.39 is 12.3 Å². The Morgan fingerprint density at radius 1 is 0.445 bits per heavy atom. The van der Waals surface area contributed by atoms with Gasteiger partial charge in [-0.15, -0.1) is 0 Å². The fourth-order valence-corrected chi connectivity index (χ4v) is 14.1. The van der Waals surface area contributed by atoms with Crippen LogP contribution in [0.2, 0.25) is 0 Å². The Morgan fingerprint density at radius 3 is 1.48 bits per heavy atom. The molecule has 11 heterocycles. The summed E-state index contributed by atoms with van der Waals surface area (Å²) < 4.78 is 3.85. The molecule has 110 heavy (non-hydrogen) atoms. The number of anilines is 14. The van der Waals surface area contributed by atoms with Gasteiger partial charge in [0.2, 0.25) is 47.6 Å². The molecule has 3 atom stereocenters. The Morgan fingerprint density at radius 2 is 0.927 bits per heavy atom. The average Bonchev–Trinajstić information content (AvgIpc) is 0.924. The van der Waals surface area contributed by atoms with Crippen molar-refractivity contribution in [2.24, 2.45) is 5.92 Å². The molecule has 0 bridgehead atoms. The lowest BCUT2D eigenvalue weighted by molar-refractivity contribution is -0.747. The maximum atomic E-state index is 12.0. The van der Waals surface area contributed by atoms with Gasteiger partial charge in [-0.2, -0.15) is 20.1 Å². The van der Waals surface area contributed by atoms with Crippen molar-refractivity contribution in [3.8, 4) is 11.3 Å². The molecule has 560 valence electrons. The molecule has 0 aliphatic carbocycles. The summed E-state index contributed by atoms with van der Waals surface area (Å²) in [6.07, 6.45) is 19.9. The van der Waals surface area contributed by atoms with E-state index in [2.05, 4.69) is 157 Å². The summed E-state index contributed by atoms with van der Waals surface area (Å²) in [6, 6.07) is 44.9. The third-order valence-electron chi connectivity index (χ3n) is 19.9. The van der Waals surface area contributed by atoms with Crippen LogP contribution in [0.1, 0.15) is 53.0 Å². The lowest BCUT2D eigenvalue weighted by Gasteiger charge is -2.34. The fraction of sp³-hybridized carbons (Fsp3) is 0.316. The van der Waals surface area contributed by atoms with Gasteiger partial charge in [0.1, 0.15) is 25.2 Å². The lowest BCUT2D eigenvalue weighted by Crippen LogP contribution is -2.54. The number of rotatable bonds is 28. The first kappa shape index (κ1) is 71.5. The van der Waals surface area contributed by atoms with Crippen molar-refractivity contribution in [3.63, 3.8) is 0 Å². The topological polar surface area (TPSA) is 334 Å². The Kier molecular flexibility index (Phi) is 22.1. The lowest BCUT2D eigenvalue weighted by atomic mass is 9.98. The molecule has 0 amide bonds. The first-order valence-electron chi connectivity index (χ1n) is 37.5. The SMILES string of the molecule is CC(O)CNc1ccc(Nc2ncnc(N3CCN(c4ncc(Cc5ccccc5)c[n+]4C(O)CNc4ccc(Nc5ncnc(N6CCN(c7ncc(Cc8ccccc8)c(-c8cccc(Cc9cnc(N%10CCN(c%11ncnc(Nc%12cnn(CC%13CCNC%13)c%12)n%11)CC%10)nc9)c8)n7)CC6)n5)cc4)CC3)n2)cc1. The van der Waals surface area contributed by atoms with Crippen molar-refractivity contribution in [1.82, 2.24) is 84.9 Å². The van der Waals surface area contributed by atoms with Crippen molar-refractivity contribution >= 4 is 82.0 Å². The molecule has 12 aromatic rings. The van der Waals surface area contributed by atoms with Crippen LogP contribution in [0.15, 0.2) is 196 Å². The number of nitrogens with zero attached hydrogens (tertiary/aromatic N) is 23. The van der Waals surface area contributed by atoms with Gasteiger partial charge >= 0.3 is 5.95 Å². The fourth-order valence-electron chi connectivity index (χ4n) is 14.1. The van der Waals surface area contributed by atoms with Gasteiger partial charge in [0, 0.05) is 149 Å². The summed E-state index contributed by atoms with van der Waals surface area (Å²) in [5.41, 5.74) is 12.6. The van der Waals surface area contributed by atoms with Crippen LogP contribution in [-0.4, -0.2) is 201 Å². The first-order valence-corrected chi connectivity index (χ1v) is 37.5. The summed E-state index contributed by atoms with van der Waals surface area (Å²) in [7, 11) is 0. The molecule has 31 heteroatoms. The Balaban J connectivity index is 0.518. The second-order valence-electron chi connectivity index (χ2n) is 28.0. The Bertz CT molecular complexity index is 4980. The highest BCUT2D eigenvalue weighted by molar-refractivity contribution is 5.67. The molecule has 5 aromatic carbocycles. The zero-order valence-electron chi connectivity index (χ0n) is 61.2. The number of nitrogens with one attached hydrogen (secondary N) is 6. The Hall–Kier alpha value is -12.7. The van der Waals surface area contributed by atoms with Crippen LogP contribution < -0.4 is 65.9 Å². The minimum atomic E-state index is -0.962. The van der Waals surface area contributed by atoms with Gasteiger partial charge in [-0.3, -0.25) is 9.58 Å². The van der Waals surface area contributed by atoms with Crippen molar-refractivity contribution in [2.45, 2.75) is 51.5 Å². The van der Waals surface area contributed by atoms with E-state index in [-0.39, 0.29) is 6.54 Å². The number of piperazine rings is 3. The summed E-state index contributed by atoms with van der Waals surface area (Å²) in [6.45, 7) is 13.3. The second kappa shape index (κ2) is 34.0. The molecule has 3 unspecified atom stereocenters. The van der Waals surface area contributed by atoms with E-state index in [9.17, 15) is 10.2 Å². The third-order valence-corrected chi connectivity index (χ3v) is 19.9. The molecule has 31 nitrogen and oxygen atoms in total. The second-order valence-corrected chi connectivity index (χ2v) is 28.0. The highest BCUT2D eigenvalue weighted by atomic mass is 16.3. The minimum Gasteiger partial charge on any atom is -0.392 e. The molecular formula is C79H88N29O2+. The van der Waals surface area contributed by atoms with Crippen molar-refractivity contribution in [3.05, 3.63) is 229 Å². The van der Waals surface area contributed by atoms with Crippen LogP contribution >= 0.6 is 0 Å². The van der Waals surface area contributed by atoms with E-state index in [4.69, 9.17) is 39.9 Å². The minimum absolute atomic E-state index is 0.211. The molecule has 4 aliphatic rings. The van der Waals surface area contributed by atoms with E-state index >= 15 is 0 Å². The molecule has 0 radical (unpaired) electrons. The third kappa shape index (κ3) is 18.3. The standard InChI is InChI=1S/C79H88N29O2/c1-55(109)41-81-64-15-19-66(20-16-64)94-72-88-53-91-77(99-72)105-33-35-106(36-34-105)79-86-45-61(37-56-9-4-2-5-10-56)50-108(79)69(110)48-82-65-17-21-67(22-18-65)95-71-87-52-90-76(98-71)104-31-29-102(30-32-104)75-85-46-63(39-57-11-6-3-7-12-57)70(97-75)62-14-8-13-58(40-62)38-60-43-83-74(84-44-60)101-25-27-103(28-26-101)78-92-54-89-73(100-78)96-68-47-93-107(51-68)49-59-23-24-80-42-59/h2-22,40,43-47,50-55,59,69,80-82,109-110H,23-39,41-42,48-49H2,1H3,(H,87,90,95,98)(H,88,91,94,99)(H,89,92,96,100)/q+1. The zero-order chi connectivity index (χ0) is 74.4. The summed E-state index contributed by atoms with van der Waals surface area (Å²) in [4.78, 5) is 79.5. The normalized spacial score (nSPS) is 15.9. The molecule has 4 fully saturated rings. The van der Waals surface area contributed by atoms with Gasteiger partial charge < -0.3 is 66.6 Å². The summed E-state index contributed by atoms with van der Waals surface area (Å²) >= 11 is 0. The summed E-state index contributed by atoms with van der Waals surface area (Å²) in [5, 5.41) is 46.3. The predicted molar refractivity (Wildman–Crippen MR) is 424 cm³/mol. The Labute approximate surface area is 637 Å². The molecule has 16 rings (SSSR count). The van der Waals surface area contributed by atoms with Crippen LogP contribution in [0.5, 0.6) is 0 Å². The van der Waals surface area contributed by atoms with Gasteiger partial charge in [0.05, 0.1) is 62.6 Å². The highest BCUT2D eigenvalue weighted by Gasteiger charge is 2.32. The monoisotopic (exact) mass is 1470 g/mol. The van der Waals surface area contributed by atoms with Crippen molar-refractivity contribution < 1.29 is 14.8 Å². The number of aliphatic hydroxyl groups excluding tert-OH is 2. The van der Waals surface area contributed by atoms with E-state index in [0.717, 1.165) is 107 Å². The quantitative estimate of drug-likeness (QED) is 0.0222. The van der Waals surface area contributed by atoms with Crippen LogP contribution in [-0.2, 0) is 25.8 Å². The number of benzene rings is 5.